The molecule has 1 aliphatic heterocycles. The fourth-order valence-corrected chi connectivity index (χ4v) is 2.85. The number of halogens is 1. The van der Waals surface area contributed by atoms with Gasteiger partial charge in [-0.2, -0.15) is 0 Å². The lowest BCUT2D eigenvalue weighted by molar-refractivity contribution is -0.137. The van der Waals surface area contributed by atoms with Gasteiger partial charge < -0.3 is 14.7 Å². The number of aliphatic carboxylic acids is 1. The summed E-state index contributed by atoms with van der Waals surface area (Å²) in [7, 11) is 0. The summed E-state index contributed by atoms with van der Waals surface area (Å²) in [5.74, 6) is -0.604. The highest BCUT2D eigenvalue weighted by Crippen LogP contribution is 2.28. The second kappa shape index (κ2) is 7.49. The van der Waals surface area contributed by atoms with Gasteiger partial charge in [0.05, 0.1) is 18.6 Å². The Bertz CT molecular complexity index is 561. The highest BCUT2D eigenvalue weighted by atomic mass is 35.5. The van der Waals surface area contributed by atoms with Gasteiger partial charge in [0.15, 0.2) is 0 Å². The largest absolute Gasteiger partial charge is 0.493 e. The van der Waals surface area contributed by atoms with Crippen LogP contribution in [0.5, 0.6) is 5.75 Å². The van der Waals surface area contributed by atoms with Gasteiger partial charge in [-0.15, -0.1) is 0 Å². The molecule has 1 N–H and O–H groups in total. The summed E-state index contributed by atoms with van der Waals surface area (Å²) in [5, 5.41) is 9.43. The molecule has 1 fully saturated rings. The molecule has 22 heavy (non-hydrogen) atoms. The van der Waals surface area contributed by atoms with E-state index in [0.29, 0.717) is 35.9 Å². The Labute approximate surface area is 134 Å². The minimum atomic E-state index is -0.891. The summed E-state index contributed by atoms with van der Waals surface area (Å²) < 4.78 is 5.62. The number of rotatable bonds is 6. The average molecular weight is 326 g/mol. The number of hydrogen-bond acceptors (Lipinski definition) is 3. The zero-order chi connectivity index (χ0) is 16.1. The molecule has 0 aliphatic carbocycles. The maximum absolute atomic E-state index is 12.8. The molecule has 1 heterocycles. The van der Waals surface area contributed by atoms with Crippen LogP contribution >= 0.6 is 11.6 Å². The number of nitrogens with zero attached hydrogens (tertiary/aromatic N) is 1. The van der Waals surface area contributed by atoms with Crippen molar-refractivity contribution in [2.45, 2.75) is 38.6 Å². The van der Waals surface area contributed by atoms with E-state index in [0.717, 1.165) is 12.8 Å². The summed E-state index contributed by atoms with van der Waals surface area (Å²) in [4.78, 5) is 25.3. The third-order valence-corrected chi connectivity index (χ3v) is 3.92. The molecule has 0 aromatic heterocycles. The second-order valence-electron chi connectivity index (χ2n) is 5.38. The number of carbonyl (C=O) groups excluding carboxylic acids is 1. The molecule has 6 heteroatoms. The van der Waals surface area contributed by atoms with Gasteiger partial charge in [-0.1, -0.05) is 18.5 Å². The highest BCUT2D eigenvalue weighted by Gasteiger charge is 2.32. The van der Waals surface area contributed by atoms with E-state index in [1.807, 2.05) is 6.92 Å². The van der Waals surface area contributed by atoms with Crippen LogP contribution in [-0.4, -0.2) is 41.1 Å². The molecule has 5 nitrogen and oxygen atoms in total. The van der Waals surface area contributed by atoms with Crippen LogP contribution in [0.1, 0.15) is 43.0 Å². The van der Waals surface area contributed by atoms with E-state index in [4.69, 9.17) is 21.4 Å². The molecular formula is C16H20ClNO4. The molecule has 1 aliphatic rings. The van der Waals surface area contributed by atoms with Gasteiger partial charge in [-0.3, -0.25) is 9.59 Å². The van der Waals surface area contributed by atoms with Crippen molar-refractivity contribution in [2.75, 3.05) is 13.2 Å². The van der Waals surface area contributed by atoms with Gasteiger partial charge in [0, 0.05) is 17.6 Å². The van der Waals surface area contributed by atoms with Crippen LogP contribution in [0.2, 0.25) is 5.02 Å². The highest BCUT2D eigenvalue weighted by molar-refractivity contribution is 6.31. The molecule has 0 spiro atoms. The number of likely N-dealkylation sites (tertiary alicyclic amines) is 1. The Morgan fingerprint density at radius 2 is 2.23 bits per heavy atom. The predicted octanol–water partition coefficient (Wildman–Crippen LogP) is 3.21. The minimum absolute atomic E-state index is 0.0303. The molecule has 120 valence electrons. The van der Waals surface area contributed by atoms with Crippen molar-refractivity contribution in [2.24, 2.45) is 0 Å². The lowest BCUT2D eigenvalue weighted by atomic mass is 10.1. The number of amides is 1. The van der Waals surface area contributed by atoms with Crippen molar-refractivity contribution >= 4 is 23.5 Å². The smallest absolute Gasteiger partial charge is 0.305 e. The molecule has 2 rings (SSSR count). The van der Waals surface area contributed by atoms with E-state index < -0.39 is 5.97 Å². The normalized spacial score (nSPS) is 17.5. The molecular weight excluding hydrogens is 306 g/mol. The van der Waals surface area contributed by atoms with Crippen LogP contribution in [0.4, 0.5) is 0 Å². The number of carbonyl (C=O) groups is 2. The Kier molecular flexibility index (Phi) is 5.66. The van der Waals surface area contributed by atoms with E-state index in [1.165, 1.54) is 0 Å². The zero-order valence-electron chi connectivity index (χ0n) is 12.5. The summed E-state index contributed by atoms with van der Waals surface area (Å²) in [6.45, 7) is 3.07. The van der Waals surface area contributed by atoms with Crippen molar-refractivity contribution in [3.63, 3.8) is 0 Å². The van der Waals surface area contributed by atoms with Gasteiger partial charge >= 0.3 is 5.97 Å². The first-order valence-corrected chi connectivity index (χ1v) is 7.85. The van der Waals surface area contributed by atoms with Gasteiger partial charge in [0.25, 0.3) is 5.91 Å². The van der Waals surface area contributed by atoms with E-state index in [9.17, 15) is 9.59 Å². The lowest BCUT2D eigenvalue weighted by Gasteiger charge is -2.24. The predicted molar refractivity (Wildman–Crippen MR) is 83.5 cm³/mol. The van der Waals surface area contributed by atoms with Crippen LogP contribution in [0.15, 0.2) is 18.2 Å². The van der Waals surface area contributed by atoms with Crippen molar-refractivity contribution in [3.05, 3.63) is 28.8 Å². The van der Waals surface area contributed by atoms with Crippen LogP contribution in [0, 0.1) is 0 Å². The molecule has 1 atom stereocenters. The third kappa shape index (κ3) is 3.91. The first-order valence-electron chi connectivity index (χ1n) is 7.48. The quantitative estimate of drug-likeness (QED) is 0.872. The number of carboxylic acids is 1. The molecule has 0 bridgehead atoms. The van der Waals surface area contributed by atoms with Crippen LogP contribution in [-0.2, 0) is 4.79 Å². The number of hydrogen-bond donors (Lipinski definition) is 1. The summed E-state index contributed by atoms with van der Waals surface area (Å²) in [5.41, 5.74) is 0.401. The summed E-state index contributed by atoms with van der Waals surface area (Å²) in [6, 6.07) is 4.70. The van der Waals surface area contributed by atoms with Crippen LogP contribution in [0.25, 0.3) is 0 Å². The number of carboxylic acid groups (broad SMARTS) is 1. The van der Waals surface area contributed by atoms with E-state index >= 15 is 0 Å². The zero-order valence-corrected chi connectivity index (χ0v) is 13.3. The summed E-state index contributed by atoms with van der Waals surface area (Å²) >= 11 is 6.00. The Morgan fingerprint density at radius 1 is 1.45 bits per heavy atom. The van der Waals surface area contributed by atoms with Gasteiger partial charge in [0.1, 0.15) is 5.75 Å². The van der Waals surface area contributed by atoms with E-state index in [2.05, 4.69) is 0 Å². The van der Waals surface area contributed by atoms with E-state index in [1.54, 1.807) is 23.1 Å². The average Bonchev–Trinajstić information content (AvgIpc) is 2.92. The fourth-order valence-electron chi connectivity index (χ4n) is 2.68. The fraction of sp³-hybridized carbons (Fsp3) is 0.500. The first kappa shape index (κ1) is 16.6. The van der Waals surface area contributed by atoms with E-state index in [-0.39, 0.29) is 18.4 Å². The van der Waals surface area contributed by atoms with Crippen molar-refractivity contribution in [1.29, 1.82) is 0 Å². The Hall–Kier alpha value is -1.75. The third-order valence-electron chi connectivity index (χ3n) is 3.68. The molecule has 1 amide bonds. The SMILES string of the molecule is CCCOc1ccc(Cl)cc1C(=O)N1CCCC1CC(=O)O. The molecule has 1 aromatic rings. The van der Waals surface area contributed by atoms with Crippen LogP contribution < -0.4 is 4.74 Å². The van der Waals surface area contributed by atoms with Gasteiger partial charge in [0.2, 0.25) is 0 Å². The monoisotopic (exact) mass is 325 g/mol. The molecule has 0 saturated carbocycles. The van der Waals surface area contributed by atoms with Gasteiger partial charge in [-0.25, -0.2) is 0 Å². The first-order chi connectivity index (χ1) is 10.5. The second-order valence-corrected chi connectivity index (χ2v) is 5.82. The maximum Gasteiger partial charge on any atom is 0.305 e. The van der Waals surface area contributed by atoms with Crippen LogP contribution in [0.3, 0.4) is 0 Å². The Morgan fingerprint density at radius 3 is 2.91 bits per heavy atom. The molecule has 1 saturated heterocycles. The summed E-state index contributed by atoms with van der Waals surface area (Å²) in [6.07, 6.45) is 2.33. The molecule has 0 radical (unpaired) electrons. The van der Waals surface area contributed by atoms with Crippen molar-refractivity contribution < 1.29 is 19.4 Å². The number of benzene rings is 1. The van der Waals surface area contributed by atoms with Crippen molar-refractivity contribution in [3.8, 4) is 5.75 Å². The Balaban J connectivity index is 2.23. The maximum atomic E-state index is 12.8. The topological polar surface area (TPSA) is 66.8 Å². The number of ether oxygens (including phenoxy) is 1. The molecule has 1 aromatic carbocycles. The van der Waals surface area contributed by atoms with Gasteiger partial charge in [-0.05, 0) is 37.5 Å². The standard InChI is InChI=1S/C16H20ClNO4/c1-2-8-22-14-6-5-11(17)9-13(14)16(21)18-7-3-4-12(18)10-15(19)20/h5-6,9,12H,2-4,7-8,10H2,1H3,(H,19,20). The van der Waals surface area contributed by atoms with Crippen molar-refractivity contribution in [1.82, 2.24) is 4.90 Å². The molecule has 1 unspecified atom stereocenters. The lowest BCUT2D eigenvalue weighted by Crippen LogP contribution is -2.37. The minimum Gasteiger partial charge on any atom is -0.493 e.